The second kappa shape index (κ2) is 32.0. The predicted molar refractivity (Wildman–Crippen MR) is 322 cm³/mol. The second-order valence-corrected chi connectivity index (χ2v) is 24.1. The minimum atomic E-state index is -1.55. The van der Waals surface area contributed by atoms with Gasteiger partial charge in [0.25, 0.3) is 23.6 Å². The molecular weight excluding hydrogens is 1100 g/mol. The van der Waals surface area contributed by atoms with Crippen LogP contribution in [0, 0.1) is 23.7 Å². The Labute approximate surface area is 507 Å². The summed E-state index contributed by atoms with van der Waals surface area (Å²) in [6.07, 6.45) is -5.18. The highest BCUT2D eigenvalue weighted by Gasteiger charge is 2.43. The Morgan fingerprint density at radius 3 is 0.942 bits per heavy atom. The first-order chi connectivity index (χ1) is 40.6. The molecule has 0 bridgehead atoms. The van der Waals surface area contributed by atoms with E-state index < -0.39 is 96.1 Å². The molecule has 20 heteroatoms. The molecule has 0 spiro atoms. The smallest absolute Gasteiger partial charge is 0.329 e. The first kappa shape index (κ1) is 68.9. The van der Waals surface area contributed by atoms with Gasteiger partial charge in [-0.1, -0.05) is 116 Å². The Bertz CT molecular complexity index is 2740. The van der Waals surface area contributed by atoms with Gasteiger partial charge in [-0.15, -0.1) is 0 Å². The highest BCUT2D eigenvalue weighted by Crippen LogP contribution is 2.26. The summed E-state index contributed by atoms with van der Waals surface area (Å²) in [5, 5.41) is 0. The number of esters is 4. The molecule has 1 aliphatic heterocycles. The number of amides is 4. The molecule has 1 saturated heterocycles. The summed E-state index contributed by atoms with van der Waals surface area (Å²) in [4.78, 5) is 132. The number of carbonyl (C=O) groups excluding carboxylic acids is 8. The molecule has 0 unspecified atom stereocenters. The van der Waals surface area contributed by atoms with Gasteiger partial charge >= 0.3 is 23.9 Å². The van der Waals surface area contributed by atoms with E-state index in [0.717, 1.165) is 42.1 Å². The minimum Gasteiger partial charge on any atom is -0.481 e. The molecule has 2 aromatic heterocycles. The standard InChI is InChI=1S/C66H90N6O14/c1-39(2)31-51-63(77)83-43(9)59(73)69(11)54(34-42(7)8)66(80)86-56(38-48-29-25-46(26-30-48)36-50-20-18-22-58(68-50)82-16)62(76)72(14)52(32-40(3)4)64(78)84-44(10)60(74)70(12)53(33-41(5)6)65(79)85-55(61(75)71(51)13)37-47-27-23-45(24-28-47)35-49-19-17-21-57(67-49)81-15/h17-30,39-44,51-56H,31-38H2,1-16H3/t43-,44-,51+,52+,53+,54+,55-,56-/m1/s1. The quantitative estimate of drug-likeness (QED) is 0.0688. The monoisotopic (exact) mass is 1190 g/mol. The zero-order valence-electron chi connectivity index (χ0n) is 53.1. The molecule has 468 valence electrons. The Kier molecular flexibility index (Phi) is 25.6. The molecule has 3 heterocycles. The molecule has 5 rings (SSSR count). The van der Waals surface area contributed by atoms with Crippen LogP contribution >= 0.6 is 0 Å². The van der Waals surface area contributed by atoms with Crippen LogP contribution in [0.2, 0.25) is 0 Å². The van der Waals surface area contributed by atoms with Gasteiger partial charge in [-0.25, -0.2) is 29.1 Å². The third-order valence-corrected chi connectivity index (χ3v) is 15.1. The lowest BCUT2D eigenvalue weighted by molar-refractivity contribution is -0.176. The van der Waals surface area contributed by atoms with Crippen molar-refractivity contribution in [2.75, 3.05) is 42.4 Å². The fourth-order valence-corrected chi connectivity index (χ4v) is 10.3. The summed E-state index contributed by atoms with van der Waals surface area (Å²) in [6, 6.07) is 20.4. The molecule has 1 aliphatic rings. The van der Waals surface area contributed by atoms with Crippen molar-refractivity contribution in [2.24, 2.45) is 23.7 Å². The number of methoxy groups -OCH3 is 2. The van der Waals surface area contributed by atoms with Gasteiger partial charge in [-0.05, 0) is 97.6 Å². The van der Waals surface area contributed by atoms with Gasteiger partial charge in [-0.2, -0.15) is 0 Å². The zero-order chi connectivity index (χ0) is 63.7. The summed E-state index contributed by atoms with van der Waals surface area (Å²) in [5.74, 6) is -6.63. The number of hydrogen-bond donors (Lipinski definition) is 0. The van der Waals surface area contributed by atoms with Gasteiger partial charge in [0, 0.05) is 77.4 Å². The van der Waals surface area contributed by atoms with E-state index in [0.29, 0.717) is 35.7 Å². The van der Waals surface area contributed by atoms with Gasteiger partial charge in [0.15, 0.2) is 24.4 Å². The van der Waals surface area contributed by atoms with Gasteiger partial charge in [0.2, 0.25) is 11.8 Å². The third kappa shape index (κ3) is 19.6. The van der Waals surface area contributed by atoms with Crippen LogP contribution in [0.5, 0.6) is 11.8 Å². The summed E-state index contributed by atoms with van der Waals surface area (Å²) in [6.45, 7) is 17.5. The van der Waals surface area contributed by atoms with Crippen molar-refractivity contribution >= 4 is 47.5 Å². The highest BCUT2D eigenvalue weighted by molar-refractivity contribution is 5.94. The first-order valence-corrected chi connectivity index (χ1v) is 29.6. The Balaban J connectivity index is 1.58. The minimum absolute atomic E-state index is 0.0711. The van der Waals surface area contributed by atoms with E-state index in [2.05, 4.69) is 9.97 Å². The van der Waals surface area contributed by atoms with Crippen LogP contribution in [0.15, 0.2) is 84.9 Å². The summed E-state index contributed by atoms with van der Waals surface area (Å²) < 4.78 is 34.9. The maximum atomic E-state index is 15.1. The van der Waals surface area contributed by atoms with E-state index in [9.17, 15) is 28.8 Å². The van der Waals surface area contributed by atoms with Crippen molar-refractivity contribution in [2.45, 2.75) is 169 Å². The van der Waals surface area contributed by atoms with Crippen molar-refractivity contribution in [3.05, 3.63) is 119 Å². The van der Waals surface area contributed by atoms with Crippen LogP contribution in [0.25, 0.3) is 0 Å². The number of ether oxygens (including phenoxy) is 6. The van der Waals surface area contributed by atoms with Crippen LogP contribution in [-0.4, -0.2) is 168 Å². The van der Waals surface area contributed by atoms with Crippen LogP contribution in [0.3, 0.4) is 0 Å². The summed E-state index contributed by atoms with van der Waals surface area (Å²) in [7, 11) is 8.63. The molecule has 4 aromatic rings. The van der Waals surface area contributed by atoms with Gasteiger partial charge < -0.3 is 48.0 Å². The predicted octanol–water partition coefficient (Wildman–Crippen LogP) is 7.65. The SMILES string of the molecule is COc1cccc(Cc2ccc(C[C@H]3OC(=O)[C@H](CC(C)C)N(C)C(=O)[C@@H](C)OC(=O)[C@H](CC(C)C)N(C)C(=O)[C@@H](Cc4ccc(Cc5cccc(OC)n5)cc4)OC(=O)[C@H](CC(C)C)N(C)C(=O)[C@@H](C)OC(=O)[C@H](CC(C)C)N(C)C3=O)cc2)n1. The molecule has 20 nitrogen and oxygen atoms in total. The van der Waals surface area contributed by atoms with E-state index in [1.54, 1.807) is 36.4 Å². The van der Waals surface area contributed by atoms with Crippen molar-refractivity contribution in [3.8, 4) is 11.8 Å². The molecule has 0 radical (unpaired) electrons. The molecule has 0 saturated carbocycles. The largest absolute Gasteiger partial charge is 0.481 e. The molecule has 1 fully saturated rings. The number of hydrogen-bond acceptors (Lipinski definition) is 16. The van der Waals surface area contributed by atoms with E-state index in [4.69, 9.17) is 28.4 Å². The summed E-state index contributed by atoms with van der Waals surface area (Å²) in [5.41, 5.74) is 4.52. The van der Waals surface area contributed by atoms with Gasteiger partial charge in [0.05, 0.1) is 14.2 Å². The summed E-state index contributed by atoms with van der Waals surface area (Å²) >= 11 is 0. The average molecular weight is 1190 g/mol. The number of rotatable bonds is 18. The molecule has 8 atom stereocenters. The lowest BCUT2D eigenvalue weighted by Gasteiger charge is -2.35. The fourth-order valence-electron chi connectivity index (χ4n) is 10.3. The maximum absolute atomic E-state index is 15.1. The fraction of sp³-hybridized carbons (Fsp3) is 0.545. The number of nitrogens with zero attached hydrogens (tertiary/aromatic N) is 6. The lowest BCUT2D eigenvalue weighted by atomic mass is 9.99. The first-order valence-electron chi connectivity index (χ1n) is 29.6. The number of cyclic esters (lactones) is 4. The van der Waals surface area contributed by atoms with E-state index >= 15 is 9.59 Å². The third-order valence-electron chi connectivity index (χ3n) is 15.1. The maximum Gasteiger partial charge on any atom is 0.329 e. The van der Waals surface area contributed by atoms with E-state index in [1.807, 2.05) is 104 Å². The molecular formula is C66H90N6O14. The van der Waals surface area contributed by atoms with Crippen molar-refractivity contribution in [1.82, 2.24) is 29.6 Å². The number of aromatic nitrogens is 2. The van der Waals surface area contributed by atoms with Gasteiger partial charge in [-0.3, -0.25) is 19.2 Å². The molecule has 0 aliphatic carbocycles. The van der Waals surface area contributed by atoms with Crippen molar-refractivity contribution in [3.63, 3.8) is 0 Å². The molecule has 4 amide bonds. The van der Waals surface area contributed by atoms with Gasteiger partial charge in [0.1, 0.15) is 24.2 Å². The molecule has 0 N–H and O–H groups in total. The average Bonchev–Trinajstić information content (AvgIpc) is 2.62. The molecule has 2 aromatic carbocycles. The number of carbonyl (C=O) groups is 8. The lowest BCUT2D eigenvalue weighted by Crippen LogP contribution is -2.55. The Hall–Kier alpha value is -7.90. The highest BCUT2D eigenvalue weighted by atomic mass is 16.6. The normalized spacial score (nSPS) is 22.3. The van der Waals surface area contributed by atoms with Crippen LogP contribution in [-0.2, 0) is 83.0 Å². The van der Waals surface area contributed by atoms with E-state index in [-0.39, 0.29) is 62.2 Å². The van der Waals surface area contributed by atoms with Crippen molar-refractivity contribution < 1.29 is 66.8 Å². The van der Waals surface area contributed by atoms with Crippen molar-refractivity contribution in [1.29, 1.82) is 0 Å². The second-order valence-electron chi connectivity index (χ2n) is 24.1. The van der Waals surface area contributed by atoms with E-state index in [1.165, 1.54) is 56.3 Å². The Morgan fingerprint density at radius 1 is 0.395 bits per heavy atom. The number of benzene rings is 2. The topological polar surface area (TPSA) is 231 Å². The van der Waals surface area contributed by atoms with Crippen LogP contribution in [0.1, 0.15) is 129 Å². The molecule has 86 heavy (non-hydrogen) atoms. The zero-order valence-corrected chi connectivity index (χ0v) is 53.1. The number of likely N-dealkylation sites (N-methyl/N-ethyl adjacent to an activating group) is 4. The number of pyridine rings is 2. The van der Waals surface area contributed by atoms with Crippen LogP contribution in [0.4, 0.5) is 0 Å². The Morgan fingerprint density at radius 2 is 0.663 bits per heavy atom. The van der Waals surface area contributed by atoms with Crippen LogP contribution < -0.4 is 9.47 Å².